The monoisotopic (exact) mass is 250 g/mol. The summed E-state index contributed by atoms with van der Waals surface area (Å²) in [6.45, 7) is 0. The molecule has 2 aromatic rings. The van der Waals surface area contributed by atoms with Crippen molar-refractivity contribution in [1.29, 1.82) is 0 Å². The van der Waals surface area contributed by atoms with Gasteiger partial charge in [0.15, 0.2) is 0 Å². The highest BCUT2D eigenvalue weighted by molar-refractivity contribution is 6.20. The second-order valence-electron chi connectivity index (χ2n) is 3.08. The fourth-order valence-corrected chi connectivity index (χ4v) is 1.23. The SMILES string of the molecule is FC(Cl)C(F)(F)Oc1ccc2[nH]ncc2c1. The molecule has 0 aliphatic rings. The molecular formula is C9H6ClF3N2O. The van der Waals surface area contributed by atoms with E-state index < -0.39 is 11.7 Å². The number of nitrogens with one attached hydrogen (secondary N) is 1. The van der Waals surface area contributed by atoms with Gasteiger partial charge in [-0.1, -0.05) is 11.6 Å². The Morgan fingerprint density at radius 1 is 1.44 bits per heavy atom. The lowest BCUT2D eigenvalue weighted by Gasteiger charge is -2.17. The summed E-state index contributed by atoms with van der Waals surface area (Å²) < 4.78 is 42.1. The van der Waals surface area contributed by atoms with E-state index in [2.05, 4.69) is 26.5 Å². The van der Waals surface area contributed by atoms with Gasteiger partial charge < -0.3 is 4.74 Å². The third-order valence-corrected chi connectivity index (χ3v) is 2.17. The smallest absolute Gasteiger partial charge is 0.429 e. The molecule has 0 aliphatic heterocycles. The maximum absolute atomic E-state index is 12.8. The number of nitrogens with zero attached hydrogens (tertiary/aromatic N) is 1. The molecule has 1 atom stereocenters. The molecule has 0 spiro atoms. The molecule has 16 heavy (non-hydrogen) atoms. The van der Waals surface area contributed by atoms with E-state index >= 15 is 0 Å². The Bertz CT molecular complexity index is 500. The number of benzene rings is 1. The first-order valence-electron chi connectivity index (χ1n) is 4.27. The van der Waals surface area contributed by atoms with E-state index in [0.717, 1.165) is 0 Å². The van der Waals surface area contributed by atoms with E-state index in [0.29, 0.717) is 10.9 Å². The van der Waals surface area contributed by atoms with Crippen LogP contribution < -0.4 is 4.74 Å². The van der Waals surface area contributed by atoms with Gasteiger partial charge in [0.2, 0.25) is 0 Å². The molecule has 1 aromatic heterocycles. The van der Waals surface area contributed by atoms with Crippen LogP contribution in [-0.4, -0.2) is 21.9 Å². The molecule has 86 valence electrons. The van der Waals surface area contributed by atoms with Gasteiger partial charge in [-0.3, -0.25) is 5.10 Å². The standard InChI is InChI=1S/C9H6ClF3N2O/c10-8(11)9(12,13)16-6-1-2-7-5(3-6)4-14-15-7/h1-4,8H,(H,14,15). The van der Waals surface area contributed by atoms with Crippen LogP contribution >= 0.6 is 11.6 Å². The zero-order chi connectivity index (χ0) is 11.8. The number of fused-ring (bicyclic) bond motifs is 1. The molecule has 0 fully saturated rings. The molecule has 2 rings (SSSR count). The van der Waals surface area contributed by atoms with Crippen molar-refractivity contribution < 1.29 is 17.9 Å². The van der Waals surface area contributed by atoms with Gasteiger partial charge in [-0.15, -0.1) is 0 Å². The summed E-state index contributed by atoms with van der Waals surface area (Å²) in [4.78, 5) is 0. The lowest BCUT2D eigenvalue weighted by atomic mass is 10.2. The van der Waals surface area contributed by atoms with Crippen LogP contribution in [0.4, 0.5) is 13.2 Å². The van der Waals surface area contributed by atoms with Crippen LogP contribution in [0.25, 0.3) is 10.9 Å². The normalized spacial score (nSPS) is 14.0. The number of alkyl halides is 4. The first-order chi connectivity index (χ1) is 7.49. The Balaban J connectivity index is 2.27. The third-order valence-electron chi connectivity index (χ3n) is 1.92. The average Bonchev–Trinajstić information content (AvgIpc) is 2.63. The second kappa shape index (κ2) is 3.86. The van der Waals surface area contributed by atoms with Gasteiger partial charge in [0.05, 0.1) is 11.7 Å². The van der Waals surface area contributed by atoms with E-state index in [1.54, 1.807) is 0 Å². The quantitative estimate of drug-likeness (QED) is 0.850. The van der Waals surface area contributed by atoms with E-state index in [1.165, 1.54) is 24.4 Å². The van der Waals surface area contributed by atoms with E-state index in [-0.39, 0.29) is 5.75 Å². The highest BCUT2D eigenvalue weighted by Gasteiger charge is 2.42. The zero-order valence-electron chi connectivity index (χ0n) is 7.75. The highest BCUT2D eigenvalue weighted by atomic mass is 35.5. The van der Waals surface area contributed by atoms with Crippen LogP contribution in [0.2, 0.25) is 0 Å². The number of aromatic amines is 1. The minimum absolute atomic E-state index is 0.179. The van der Waals surface area contributed by atoms with Crippen molar-refractivity contribution in [3.63, 3.8) is 0 Å². The number of aromatic nitrogens is 2. The molecule has 3 nitrogen and oxygen atoms in total. The van der Waals surface area contributed by atoms with Crippen molar-refractivity contribution in [2.24, 2.45) is 0 Å². The van der Waals surface area contributed by atoms with Gasteiger partial charge in [-0.25, -0.2) is 4.39 Å². The van der Waals surface area contributed by atoms with Gasteiger partial charge >= 0.3 is 6.11 Å². The fraction of sp³-hybridized carbons (Fsp3) is 0.222. The summed E-state index contributed by atoms with van der Waals surface area (Å²) in [5.41, 5.74) is -2.23. The summed E-state index contributed by atoms with van der Waals surface area (Å²) in [5.74, 6) is -0.179. The van der Waals surface area contributed by atoms with E-state index in [9.17, 15) is 13.2 Å². The average molecular weight is 251 g/mol. The summed E-state index contributed by atoms with van der Waals surface area (Å²) in [5, 5.41) is 6.93. The number of hydrogen-bond acceptors (Lipinski definition) is 2. The lowest BCUT2D eigenvalue weighted by Crippen LogP contribution is -2.32. The molecule has 0 saturated heterocycles. The topological polar surface area (TPSA) is 37.9 Å². The molecule has 0 saturated carbocycles. The molecule has 0 aliphatic carbocycles. The molecule has 1 N–H and O–H groups in total. The molecule has 1 heterocycles. The van der Waals surface area contributed by atoms with Gasteiger partial charge in [0.1, 0.15) is 5.75 Å². The molecule has 7 heteroatoms. The first kappa shape index (κ1) is 11.1. The van der Waals surface area contributed by atoms with Crippen LogP contribution in [0.1, 0.15) is 0 Å². The van der Waals surface area contributed by atoms with Crippen molar-refractivity contribution in [2.75, 3.05) is 0 Å². The minimum atomic E-state index is -4.06. The molecule has 0 radical (unpaired) electrons. The van der Waals surface area contributed by atoms with Crippen molar-refractivity contribution in [3.8, 4) is 5.75 Å². The molecule has 1 unspecified atom stereocenters. The van der Waals surface area contributed by atoms with Crippen LogP contribution in [0.3, 0.4) is 0 Å². The van der Waals surface area contributed by atoms with Gasteiger partial charge in [-0.05, 0) is 18.2 Å². The number of ether oxygens (including phenoxy) is 1. The Kier molecular flexibility index (Phi) is 2.67. The van der Waals surface area contributed by atoms with E-state index in [1.807, 2.05) is 0 Å². The third kappa shape index (κ3) is 2.06. The summed E-state index contributed by atoms with van der Waals surface area (Å²) in [6, 6.07) is 4.08. The van der Waals surface area contributed by atoms with Crippen molar-refractivity contribution in [2.45, 2.75) is 11.7 Å². The van der Waals surface area contributed by atoms with Gasteiger partial charge in [0, 0.05) is 5.39 Å². The number of H-pyrrole nitrogens is 1. The maximum Gasteiger partial charge on any atom is 0.444 e. The summed E-state index contributed by atoms with van der Waals surface area (Å²) >= 11 is 4.66. The predicted molar refractivity (Wildman–Crippen MR) is 52.4 cm³/mol. The Morgan fingerprint density at radius 3 is 2.88 bits per heavy atom. The summed E-state index contributed by atoms with van der Waals surface area (Å²) in [6.07, 6.45) is -2.62. The predicted octanol–water partition coefficient (Wildman–Crippen LogP) is 3.07. The highest BCUT2D eigenvalue weighted by Crippen LogP contribution is 2.29. The van der Waals surface area contributed by atoms with Gasteiger partial charge in [0.25, 0.3) is 5.63 Å². The van der Waals surface area contributed by atoms with Gasteiger partial charge in [-0.2, -0.15) is 13.9 Å². The zero-order valence-corrected chi connectivity index (χ0v) is 8.51. The number of rotatable bonds is 3. The summed E-state index contributed by atoms with van der Waals surface area (Å²) in [7, 11) is 0. The van der Waals surface area contributed by atoms with E-state index in [4.69, 9.17) is 0 Å². The fourth-order valence-electron chi connectivity index (χ4n) is 1.19. The lowest BCUT2D eigenvalue weighted by molar-refractivity contribution is -0.198. The number of hydrogen-bond donors (Lipinski definition) is 1. The first-order valence-corrected chi connectivity index (χ1v) is 4.71. The largest absolute Gasteiger partial charge is 0.444 e. The molecular weight excluding hydrogens is 245 g/mol. The van der Waals surface area contributed by atoms with Crippen LogP contribution in [0.5, 0.6) is 5.75 Å². The maximum atomic E-state index is 12.8. The molecule has 0 bridgehead atoms. The number of halogens is 4. The molecule has 0 amide bonds. The van der Waals surface area contributed by atoms with Crippen LogP contribution in [0, 0.1) is 0 Å². The van der Waals surface area contributed by atoms with Crippen LogP contribution in [-0.2, 0) is 0 Å². The van der Waals surface area contributed by atoms with Crippen molar-refractivity contribution in [1.82, 2.24) is 10.2 Å². The molecule has 1 aromatic carbocycles. The van der Waals surface area contributed by atoms with Crippen molar-refractivity contribution >= 4 is 22.5 Å². The second-order valence-corrected chi connectivity index (χ2v) is 3.47. The minimum Gasteiger partial charge on any atom is -0.429 e. The Hall–Kier alpha value is -1.43. The van der Waals surface area contributed by atoms with Crippen molar-refractivity contribution in [3.05, 3.63) is 24.4 Å². The Labute approximate surface area is 93.2 Å². The Morgan fingerprint density at radius 2 is 2.19 bits per heavy atom. The van der Waals surface area contributed by atoms with Crippen LogP contribution in [0.15, 0.2) is 24.4 Å².